The molecule has 4 aromatic carbocycles. The van der Waals surface area contributed by atoms with Crippen molar-refractivity contribution in [2.75, 3.05) is 13.1 Å². The molecule has 0 radical (unpaired) electrons. The second-order valence-electron chi connectivity index (χ2n) is 9.42. The number of rotatable bonds is 13. The molecule has 0 saturated heterocycles. The van der Waals surface area contributed by atoms with Crippen molar-refractivity contribution in [3.8, 4) is 11.5 Å². The molecule has 0 heterocycles. The first-order valence-corrected chi connectivity index (χ1v) is 13.1. The van der Waals surface area contributed by atoms with Gasteiger partial charge in [-0.2, -0.15) is 0 Å². The average Bonchev–Trinajstić information content (AvgIpc) is 2.89. The Kier molecular flexibility index (Phi) is 9.49. The highest BCUT2D eigenvalue weighted by molar-refractivity contribution is 5.94. The molecule has 0 aliphatic carbocycles. The van der Waals surface area contributed by atoms with E-state index in [9.17, 15) is 10.2 Å². The van der Waals surface area contributed by atoms with Crippen LogP contribution in [-0.4, -0.2) is 35.7 Å². The van der Waals surface area contributed by atoms with Gasteiger partial charge in [-0.3, -0.25) is 9.98 Å². The molecule has 186 valence electrons. The van der Waals surface area contributed by atoms with Crippen molar-refractivity contribution in [1.82, 2.24) is 0 Å². The van der Waals surface area contributed by atoms with Gasteiger partial charge < -0.3 is 10.2 Å². The largest absolute Gasteiger partial charge is 0.507 e. The molecule has 0 aliphatic heterocycles. The van der Waals surface area contributed by atoms with E-state index >= 15 is 0 Å². The van der Waals surface area contributed by atoms with Gasteiger partial charge in [-0.15, -0.1) is 0 Å². The molecule has 4 nitrogen and oxygen atoms in total. The fraction of sp³-hybridized carbons (Fsp3) is 0.312. The number of unbranched alkanes of at least 4 members (excludes halogenated alkanes) is 7. The summed E-state index contributed by atoms with van der Waals surface area (Å²) in [5.74, 6) is 0.574. The van der Waals surface area contributed by atoms with Gasteiger partial charge in [-0.25, -0.2) is 0 Å². The lowest BCUT2D eigenvalue weighted by Crippen LogP contribution is -1.89. The van der Waals surface area contributed by atoms with Gasteiger partial charge >= 0.3 is 0 Å². The molecule has 0 atom stereocenters. The second-order valence-corrected chi connectivity index (χ2v) is 9.42. The molecule has 0 bridgehead atoms. The van der Waals surface area contributed by atoms with Crippen LogP contribution < -0.4 is 0 Å². The predicted octanol–water partition coefficient (Wildman–Crippen LogP) is 8.06. The quantitative estimate of drug-likeness (QED) is 0.150. The van der Waals surface area contributed by atoms with Crippen LogP contribution in [0.2, 0.25) is 0 Å². The Morgan fingerprint density at radius 3 is 1.19 bits per heavy atom. The summed E-state index contributed by atoms with van der Waals surface area (Å²) >= 11 is 0. The van der Waals surface area contributed by atoms with Crippen molar-refractivity contribution in [2.24, 2.45) is 9.98 Å². The van der Waals surface area contributed by atoms with Crippen molar-refractivity contribution in [3.05, 3.63) is 83.9 Å². The number of phenols is 2. The summed E-state index contributed by atoms with van der Waals surface area (Å²) in [5.41, 5.74) is 1.57. The van der Waals surface area contributed by atoms with Crippen LogP contribution in [0.15, 0.2) is 82.8 Å². The van der Waals surface area contributed by atoms with Crippen molar-refractivity contribution in [2.45, 2.75) is 51.4 Å². The van der Waals surface area contributed by atoms with E-state index in [4.69, 9.17) is 0 Å². The highest BCUT2D eigenvalue weighted by atomic mass is 16.3. The Bertz CT molecular complexity index is 1220. The number of aromatic hydroxyl groups is 2. The van der Waals surface area contributed by atoms with Crippen molar-refractivity contribution < 1.29 is 10.2 Å². The summed E-state index contributed by atoms with van der Waals surface area (Å²) in [4.78, 5) is 9.03. The number of hydrogen-bond acceptors (Lipinski definition) is 4. The first-order chi connectivity index (χ1) is 17.7. The van der Waals surface area contributed by atoms with E-state index in [1.165, 1.54) is 38.5 Å². The summed E-state index contributed by atoms with van der Waals surface area (Å²) in [6.07, 6.45) is 13.2. The minimum absolute atomic E-state index is 0.287. The van der Waals surface area contributed by atoms with Crippen molar-refractivity contribution in [3.63, 3.8) is 0 Å². The SMILES string of the molecule is Oc1cc2ccccc2cc1C=NCCCCCCCCCCN=Cc1cc2ccccc2cc1O. The van der Waals surface area contributed by atoms with Crippen molar-refractivity contribution in [1.29, 1.82) is 0 Å². The number of aliphatic imine (C=N–C) groups is 2. The molecule has 4 rings (SSSR count). The molecule has 0 saturated carbocycles. The molecule has 36 heavy (non-hydrogen) atoms. The third-order valence-electron chi connectivity index (χ3n) is 6.58. The third kappa shape index (κ3) is 7.42. The molecule has 0 fully saturated rings. The lowest BCUT2D eigenvalue weighted by molar-refractivity contribution is 0.474. The highest BCUT2D eigenvalue weighted by Gasteiger charge is 2.02. The van der Waals surface area contributed by atoms with Crippen LogP contribution in [0.4, 0.5) is 0 Å². The summed E-state index contributed by atoms with van der Waals surface area (Å²) in [6, 6.07) is 23.7. The van der Waals surface area contributed by atoms with E-state index in [0.717, 1.165) is 58.6 Å². The van der Waals surface area contributed by atoms with E-state index < -0.39 is 0 Å². The van der Waals surface area contributed by atoms with Gasteiger partial charge in [0.15, 0.2) is 0 Å². The maximum atomic E-state index is 10.2. The molecule has 0 amide bonds. The summed E-state index contributed by atoms with van der Waals surface area (Å²) in [5, 5.41) is 24.7. The first kappa shape index (κ1) is 25.4. The van der Waals surface area contributed by atoms with Gasteiger partial charge in [-0.05, 0) is 58.7 Å². The Morgan fingerprint density at radius 2 is 0.806 bits per heavy atom. The smallest absolute Gasteiger partial charge is 0.124 e. The van der Waals surface area contributed by atoms with Gasteiger partial charge in [0.05, 0.1) is 0 Å². The van der Waals surface area contributed by atoms with Crippen LogP contribution in [0.25, 0.3) is 21.5 Å². The lowest BCUT2D eigenvalue weighted by atomic mass is 10.1. The average molecular weight is 481 g/mol. The van der Waals surface area contributed by atoms with E-state index in [2.05, 4.69) is 22.1 Å². The van der Waals surface area contributed by atoms with Crippen LogP contribution in [0.3, 0.4) is 0 Å². The number of benzene rings is 4. The summed E-state index contributed by atoms with van der Waals surface area (Å²) in [6.45, 7) is 1.61. The molecule has 0 aliphatic rings. The molecule has 4 heteroatoms. The molecule has 0 unspecified atom stereocenters. The maximum absolute atomic E-state index is 10.2. The van der Waals surface area contributed by atoms with Crippen LogP contribution in [0.1, 0.15) is 62.5 Å². The number of fused-ring (bicyclic) bond motifs is 2. The molecular formula is C32H36N2O2. The van der Waals surface area contributed by atoms with E-state index in [-0.39, 0.29) is 11.5 Å². The number of hydrogen-bond donors (Lipinski definition) is 2. The molecule has 2 N–H and O–H groups in total. The molecule has 4 aromatic rings. The monoisotopic (exact) mass is 480 g/mol. The Morgan fingerprint density at radius 1 is 0.472 bits per heavy atom. The summed E-state index contributed by atoms with van der Waals surface area (Å²) in [7, 11) is 0. The van der Waals surface area contributed by atoms with E-state index in [0.29, 0.717) is 0 Å². The van der Waals surface area contributed by atoms with Crippen molar-refractivity contribution >= 4 is 34.0 Å². The highest BCUT2D eigenvalue weighted by Crippen LogP contribution is 2.24. The zero-order valence-corrected chi connectivity index (χ0v) is 20.9. The number of nitrogens with zero attached hydrogens (tertiary/aromatic N) is 2. The first-order valence-electron chi connectivity index (χ1n) is 13.1. The minimum atomic E-state index is 0.287. The predicted molar refractivity (Wildman–Crippen MR) is 153 cm³/mol. The Hall–Kier alpha value is -3.66. The van der Waals surface area contributed by atoms with Gasteiger partial charge in [-0.1, -0.05) is 87.1 Å². The van der Waals surface area contributed by atoms with Gasteiger partial charge in [0.2, 0.25) is 0 Å². The molecule has 0 aromatic heterocycles. The molecular weight excluding hydrogens is 444 g/mol. The Balaban J connectivity index is 1.03. The topological polar surface area (TPSA) is 65.2 Å². The van der Waals surface area contributed by atoms with Crippen LogP contribution in [0, 0.1) is 0 Å². The normalized spacial score (nSPS) is 11.9. The zero-order valence-electron chi connectivity index (χ0n) is 20.9. The zero-order chi connectivity index (χ0) is 25.0. The van der Waals surface area contributed by atoms with E-state index in [1.807, 2.05) is 48.5 Å². The standard InChI is InChI=1S/C32H36N2O2/c35-31-21-27-15-9-7-13-25(27)19-29(31)23-33-17-11-5-3-1-2-4-6-12-18-34-24-30-20-26-14-8-10-16-28(26)22-32(30)36/h7-10,13-16,19-24,35-36H,1-6,11-12,17-18H2. The fourth-order valence-electron chi connectivity index (χ4n) is 4.49. The van der Waals surface area contributed by atoms with E-state index in [1.54, 1.807) is 24.6 Å². The lowest BCUT2D eigenvalue weighted by Gasteiger charge is -2.03. The fourth-order valence-corrected chi connectivity index (χ4v) is 4.49. The minimum Gasteiger partial charge on any atom is -0.507 e. The van der Waals surface area contributed by atoms with Gasteiger partial charge in [0.25, 0.3) is 0 Å². The number of phenolic OH excluding ortho intramolecular Hbond substituents is 2. The van der Waals surface area contributed by atoms with Crippen LogP contribution >= 0.6 is 0 Å². The maximum Gasteiger partial charge on any atom is 0.124 e. The van der Waals surface area contributed by atoms with Gasteiger partial charge in [0, 0.05) is 36.6 Å². The Labute approximate surface area is 214 Å². The van der Waals surface area contributed by atoms with Crippen LogP contribution in [-0.2, 0) is 0 Å². The van der Waals surface area contributed by atoms with Gasteiger partial charge in [0.1, 0.15) is 11.5 Å². The second kappa shape index (κ2) is 13.4. The summed E-state index contributed by atoms with van der Waals surface area (Å²) < 4.78 is 0. The third-order valence-corrected chi connectivity index (χ3v) is 6.58. The molecule has 0 spiro atoms. The van der Waals surface area contributed by atoms with Crippen LogP contribution in [0.5, 0.6) is 11.5 Å².